The first kappa shape index (κ1) is 12.6. The number of ether oxygens (including phenoxy) is 2. The van der Waals surface area contributed by atoms with E-state index in [1.807, 2.05) is 0 Å². The smallest absolute Gasteiger partial charge is 0.273 e. The molecule has 0 bridgehead atoms. The molecule has 6 nitrogen and oxygen atoms in total. The Kier molecular flexibility index (Phi) is 3.66. The molecule has 0 aliphatic carbocycles. The molecule has 18 heavy (non-hydrogen) atoms. The molecule has 0 N–H and O–H groups in total. The van der Waals surface area contributed by atoms with Gasteiger partial charge >= 0.3 is 0 Å². The third-order valence-electron chi connectivity index (χ3n) is 3.19. The molecule has 1 saturated heterocycles. The molecule has 1 heterocycles. The number of hydrogen-bond donors (Lipinski definition) is 0. The Morgan fingerprint density at radius 2 is 2.22 bits per heavy atom. The van der Waals surface area contributed by atoms with Crippen molar-refractivity contribution in [2.45, 2.75) is 12.5 Å². The summed E-state index contributed by atoms with van der Waals surface area (Å²) < 4.78 is 10.5. The lowest BCUT2D eigenvalue weighted by Crippen LogP contribution is -2.22. The van der Waals surface area contributed by atoms with Crippen molar-refractivity contribution >= 4 is 11.4 Å². The van der Waals surface area contributed by atoms with Crippen LogP contribution in [0.5, 0.6) is 5.75 Å². The fourth-order valence-electron chi connectivity index (χ4n) is 2.18. The maximum atomic E-state index is 10.7. The molecule has 0 spiro atoms. The lowest BCUT2D eigenvalue weighted by molar-refractivity contribution is -0.384. The summed E-state index contributed by atoms with van der Waals surface area (Å²) in [5.74, 6) is 0.529. The lowest BCUT2D eigenvalue weighted by atomic mass is 10.2. The molecule has 1 aliphatic rings. The van der Waals surface area contributed by atoms with Gasteiger partial charge in [-0.1, -0.05) is 0 Å². The van der Waals surface area contributed by atoms with Gasteiger partial charge in [0, 0.05) is 26.3 Å². The van der Waals surface area contributed by atoms with Crippen LogP contribution in [0.4, 0.5) is 11.4 Å². The number of rotatable bonds is 4. The van der Waals surface area contributed by atoms with Gasteiger partial charge in [-0.15, -0.1) is 0 Å². The molecule has 0 amide bonds. The highest BCUT2D eigenvalue weighted by Gasteiger charge is 2.25. The van der Waals surface area contributed by atoms with Crippen LogP contribution in [0.1, 0.15) is 6.42 Å². The maximum absolute atomic E-state index is 10.7. The number of hydrogen-bond acceptors (Lipinski definition) is 5. The second kappa shape index (κ2) is 5.22. The summed E-state index contributed by atoms with van der Waals surface area (Å²) in [7, 11) is 3.22. The second-order valence-corrected chi connectivity index (χ2v) is 4.21. The van der Waals surface area contributed by atoms with Gasteiger partial charge in [0.2, 0.25) is 0 Å². The summed E-state index contributed by atoms with van der Waals surface area (Å²) in [6, 6.07) is 4.68. The number of anilines is 1. The van der Waals surface area contributed by atoms with Crippen molar-refractivity contribution in [2.75, 3.05) is 32.2 Å². The monoisotopic (exact) mass is 252 g/mol. The number of nitrogens with zero attached hydrogens (tertiary/aromatic N) is 2. The van der Waals surface area contributed by atoms with E-state index in [0.717, 1.165) is 25.2 Å². The van der Waals surface area contributed by atoms with Crippen molar-refractivity contribution in [3.05, 3.63) is 28.3 Å². The van der Waals surface area contributed by atoms with Crippen LogP contribution in [0.2, 0.25) is 0 Å². The Balaban J connectivity index is 2.25. The molecule has 6 heteroatoms. The standard InChI is InChI=1S/C12H16N2O4/c1-17-10-5-6-13(8-10)11-4-3-9(14(15)16)7-12(11)18-2/h3-4,7,10H,5-6,8H2,1-2H3/t10-/m1/s1. The Morgan fingerprint density at radius 1 is 1.44 bits per heavy atom. The number of non-ortho nitro benzene ring substituents is 1. The topological polar surface area (TPSA) is 64.8 Å². The normalized spacial score (nSPS) is 19.0. The molecule has 1 atom stereocenters. The van der Waals surface area contributed by atoms with E-state index in [4.69, 9.17) is 9.47 Å². The van der Waals surface area contributed by atoms with E-state index >= 15 is 0 Å². The lowest BCUT2D eigenvalue weighted by Gasteiger charge is -2.20. The van der Waals surface area contributed by atoms with Gasteiger partial charge in [0.15, 0.2) is 0 Å². The third-order valence-corrected chi connectivity index (χ3v) is 3.19. The number of nitro groups is 1. The number of nitro benzene ring substituents is 1. The largest absolute Gasteiger partial charge is 0.494 e. The Hall–Kier alpha value is -1.82. The number of methoxy groups -OCH3 is 2. The molecule has 0 unspecified atom stereocenters. The van der Waals surface area contributed by atoms with E-state index in [-0.39, 0.29) is 11.8 Å². The number of benzene rings is 1. The highest BCUT2D eigenvalue weighted by molar-refractivity contribution is 5.63. The van der Waals surface area contributed by atoms with Crippen molar-refractivity contribution in [2.24, 2.45) is 0 Å². The molecule has 0 saturated carbocycles. The fraction of sp³-hybridized carbons (Fsp3) is 0.500. The Bertz CT molecular complexity index is 450. The fourth-order valence-corrected chi connectivity index (χ4v) is 2.18. The summed E-state index contributed by atoms with van der Waals surface area (Å²) >= 11 is 0. The van der Waals surface area contributed by atoms with Gasteiger partial charge in [-0.2, -0.15) is 0 Å². The average molecular weight is 252 g/mol. The molecular formula is C12H16N2O4. The predicted molar refractivity (Wildman–Crippen MR) is 67.3 cm³/mol. The summed E-state index contributed by atoms with van der Waals surface area (Å²) in [6.07, 6.45) is 1.17. The minimum absolute atomic E-state index is 0.0399. The first-order chi connectivity index (χ1) is 8.65. The summed E-state index contributed by atoms with van der Waals surface area (Å²) in [5, 5.41) is 10.7. The molecule has 1 aliphatic heterocycles. The second-order valence-electron chi connectivity index (χ2n) is 4.21. The van der Waals surface area contributed by atoms with Gasteiger partial charge < -0.3 is 14.4 Å². The van der Waals surface area contributed by atoms with Crippen LogP contribution < -0.4 is 9.64 Å². The van der Waals surface area contributed by atoms with Crippen LogP contribution in [0.15, 0.2) is 18.2 Å². The summed E-state index contributed by atoms with van der Waals surface area (Å²) in [5.41, 5.74) is 0.917. The molecule has 1 aromatic rings. The van der Waals surface area contributed by atoms with E-state index in [1.165, 1.54) is 19.2 Å². The highest BCUT2D eigenvalue weighted by atomic mass is 16.6. The third kappa shape index (κ3) is 2.38. The van der Waals surface area contributed by atoms with Gasteiger partial charge in [0.1, 0.15) is 5.75 Å². The van der Waals surface area contributed by atoms with E-state index < -0.39 is 4.92 Å². The SMILES string of the molecule is COc1cc([N+](=O)[O-])ccc1N1CC[C@@H](OC)C1. The molecule has 1 fully saturated rings. The first-order valence-electron chi connectivity index (χ1n) is 5.76. The average Bonchev–Trinajstić information content (AvgIpc) is 2.86. The van der Waals surface area contributed by atoms with Crippen molar-refractivity contribution in [3.63, 3.8) is 0 Å². The van der Waals surface area contributed by atoms with Gasteiger partial charge in [0.25, 0.3) is 5.69 Å². The van der Waals surface area contributed by atoms with Crippen LogP contribution >= 0.6 is 0 Å². The molecule has 1 aromatic carbocycles. The van der Waals surface area contributed by atoms with Crippen LogP contribution in [-0.4, -0.2) is 38.3 Å². The van der Waals surface area contributed by atoms with Crippen molar-refractivity contribution in [1.82, 2.24) is 0 Å². The quantitative estimate of drug-likeness (QED) is 0.604. The van der Waals surface area contributed by atoms with Crippen molar-refractivity contribution < 1.29 is 14.4 Å². The minimum atomic E-state index is -0.422. The van der Waals surface area contributed by atoms with Gasteiger partial charge in [-0.05, 0) is 12.5 Å². The highest BCUT2D eigenvalue weighted by Crippen LogP contribution is 2.34. The summed E-state index contributed by atoms with van der Waals surface area (Å²) in [6.45, 7) is 1.65. The minimum Gasteiger partial charge on any atom is -0.494 e. The van der Waals surface area contributed by atoms with E-state index in [9.17, 15) is 10.1 Å². The molecule has 2 rings (SSSR count). The van der Waals surface area contributed by atoms with Crippen molar-refractivity contribution in [1.29, 1.82) is 0 Å². The van der Waals surface area contributed by atoms with Gasteiger partial charge in [-0.25, -0.2) is 0 Å². The van der Waals surface area contributed by atoms with E-state index in [1.54, 1.807) is 13.2 Å². The van der Waals surface area contributed by atoms with Gasteiger partial charge in [0.05, 0.1) is 29.9 Å². The zero-order valence-corrected chi connectivity index (χ0v) is 10.5. The predicted octanol–water partition coefficient (Wildman–Crippen LogP) is 1.83. The van der Waals surface area contributed by atoms with Crippen molar-refractivity contribution in [3.8, 4) is 5.75 Å². The zero-order valence-electron chi connectivity index (χ0n) is 10.5. The Labute approximate surface area is 105 Å². The Morgan fingerprint density at radius 3 is 2.78 bits per heavy atom. The van der Waals surface area contributed by atoms with Crippen LogP contribution in [0.25, 0.3) is 0 Å². The molecule has 0 radical (unpaired) electrons. The summed E-state index contributed by atoms with van der Waals surface area (Å²) in [4.78, 5) is 12.4. The maximum Gasteiger partial charge on any atom is 0.273 e. The van der Waals surface area contributed by atoms with E-state index in [0.29, 0.717) is 5.75 Å². The molecule has 0 aromatic heterocycles. The van der Waals surface area contributed by atoms with Gasteiger partial charge in [-0.3, -0.25) is 10.1 Å². The van der Waals surface area contributed by atoms with E-state index in [2.05, 4.69) is 4.90 Å². The molecular weight excluding hydrogens is 236 g/mol. The van der Waals surface area contributed by atoms with Crippen LogP contribution in [0.3, 0.4) is 0 Å². The zero-order chi connectivity index (χ0) is 13.1. The van der Waals surface area contributed by atoms with Crippen LogP contribution in [0, 0.1) is 10.1 Å². The van der Waals surface area contributed by atoms with Crippen LogP contribution in [-0.2, 0) is 4.74 Å². The molecule has 98 valence electrons. The first-order valence-corrected chi connectivity index (χ1v) is 5.76.